The molecular formula is C17H14FNO. The van der Waals surface area contributed by atoms with Gasteiger partial charge in [0.15, 0.2) is 0 Å². The summed E-state index contributed by atoms with van der Waals surface area (Å²) < 4.78 is 19.0. The second-order valence-electron chi connectivity index (χ2n) is 5.20. The molecular weight excluding hydrogens is 253 g/mol. The van der Waals surface area contributed by atoms with Gasteiger partial charge in [-0.3, -0.25) is 0 Å². The van der Waals surface area contributed by atoms with Crippen LogP contribution in [-0.2, 0) is 6.42 Å². The van der Waals surface area contributed by atoms with Crippen LogP contribution in [0, 0.1) is 5.82 Å². The number of nitrogens with one attached hydrogen (secondary N) is 1. The average Bonchev–Trinajstić information content (AvgIpc) is 2.89. The van der Waals surface area contributed by atoms with Crippen LogP contribution < -0.4 is 5.32 Å². The molecule has 20 heavy (non-hydrogen) atoms. The van der Waals surface area contributed by atoms with Crippen molar-refractivity contribution in [3.05, 3.63) is 53.8 Å². The number of rotatable bonds is 1. The highest BCUT2D eigenvalue weighted by atomic mass is 19.1. The summed E-state index contributed by atoms with van der Waals surface area (Å²) in [6, 6.07) is 12.8. The molecule has 0 atom stereocenters. The average molecular weight is 267 g/mol. The predicted octanol–water partition coefficient (Wildman–Crippen LogP) is 4.60. The van der Waals surface area contributed by atoms with Gasteiger partial charge in [0, 0.05) is 23.2 Å². The van der Waals surface area contributed by atoms with Gasteiger partial charge in [0.2, 0.25) is 0 Å². The molecule has 100 valence electrons. The van der Waals surface area contributed by atoms with Crippen LogP contribution in [-0.4, -0.2) is 6.54 Å². The van der Waals surface area contributed by atoms with Crippen molar-refractivity contribution in [2.24, 2.45) is 0 Å². The molecule has 0 saturated heterocycles. The van der Waals surface area contributed by atoms with Crippen molar-refractivity contribution in [3.63, 3.8) is 0 Å². The maximum absolute atomic E-state index is 13.2. The minimum atomic E-state index is -0.237. The van der Waals surface area contributed by atoms with E-state index in [1.807, 2.05) is 12.1 Å². The van der Waals surface area contributed by atoms with Crippen LogP contribution >= 0.6 is 0 Å². The normalized spacial score (nSPS) is 14.1. The molecule has 1 N–H and O–H groups in total. The van der Waals surface area contributed by atoms with Crippen LogP contribution in [0.4, 0.5) is 10.1 Å². The predicted molar refractivity (Wildman–Crippen MR) is 78.4 cm³/mol. The maximum Gasteiger partial charge on any atom is 0.135 e. The van der Waals surface area contributed by atoms with Crippen molar-refractivity contribution in [2.45, 2.75) is 12.8 Å². The van der Waals surface area contributed by atoms with E-state index in [1.165, 1.54) is 23.4 Å². The summed E-state index contributed by atoms with van der Waals surface area (Å²) >= 11 is 0. The van der Waals surface area contributed by atoms with Crippen LogP contribution in [0.15, 0.2) is 46.9 Å². The van der Waals surface area contributed by atoms with Gasteiger partial charge in [-0.2, -0.15) is 0 Å². The van der Waals surface area contributed by atoms with Gasteiger partial charge < -0.3 is 9.73 Å². The fraction of sp³-hybridized carbons (Fsp3) is 0.176. The second kappa shape index (κ2) is 4.37. The second-order valence-corrected chi connectivity index (χ2v) is 5.20. The van der Waals surface area contributed by atoms with Crippen molar-refractivity contribution in [1.29, 1.82) is 0 Å². The molecule has 0 bridgehead atoms. The van der Waals surface area contributed by atoms with Gasteiger partial charge in [-0.1, -0.05) is 0 Å². The van der Waals surface area contributed by atoms with E-state index in [9.17, 15) is 4.39 Å². The molecule has 0 amide bonds. The Balaban J connectivity index is 1.82. The molecule has 0 radical (unpaired) electrons. The zero-order valence-electron chi connectivity index (χ0n) is 10.9. The largest absolute Gasteiger partial charge is 0.456 e. The summed E-state index contributed by atoms with van der Waals surface area (Å²) in [7, 11) is 0. The van der Waals surface area contributed by atoms with E-state index in [0.717, 1.165) is 41.7 Å². The van der Waals surface area contributed by atoms with Crippen molar-refractivity contribution in [2.75, 3.05) is 11.9 Å². The number of hydrogen-bond donors (Lipinski definition) is 1. The Morgan fingerprint density at radius 2 is 2.00 bits per heavy atom. The zero-order chi connectivity index (χ0) is 13.5. The third-order valence-electron chi connectivity index (χ3n) is 3.81. The van der Waals surface area contributed by atoms with Crippen molar-refractivity contribution < 1.29 is 8.81 Å². The molecule has 1 aliphatic rings. The summed E-state index contributed by atoms with van der Waals surface area (Å²) in [5.41, 5.74) is 4.30. The molecule has 0 aliphatic carbocycles. The fourth-order valence-corrected chi connectivity index (χ4v) is 2.78. The summed E-state index contributed by atoms with van der Waals surface area (Å²) in [4.78, 5) is 0. The lowest BCUT2D eigenvalue weighted by atomic mass is 10.00. The Morgan fingerprint density at radius 1 is 1.05 bits per heavy atom. The van der Waals surface area contributed by atoms with Crippen molar-refractivity contribution in [3.8, 4) is 11.3 Å². The molecule has 2 heterocycles. The molecule has 0 spiro atoms. The first kappa shape index (κ1) is 11.5. The van der Waals surface area contributed by atoms with Crippen LogP contribution in [0.5, 0.6) is 0 Å². The van der Waals surface area contributed by atoms with Gasteiger partial charge >= 0.3 is 0 Å². The summed E-state index contributed by atoms with van der Waals surface area (Å²) in [6.07, 6.45) is 2.24. The third kappa shape index (κ3) is 1.86. The monoisotopic (exact) mass is 267 g/mol. The van der Waals surface area contributed by atoms with Crippen LogP contribution in [0.1, 0.15) is 12.0 Å². The quantitative estimate of drug-likeness (QED) is 0.697. The van der Waals surface area contributed by atoms with E-state index in [1.54, 1.807) is 6.07 Å². The summed E-state index contributed by atoms with van der Waals surface area (Å²) in [5.74, 6) is 0.554. The van der Waals surface area contributed by atoms with Gasteiger partial charge in [0.25, 0.3) is 0 Å². The van der Waals surface area contributed by atoms with Gasteiger partial charge in [-0.25, -0.2) is 4.39 Å². The highest BCUT2D eigenvalue weighted by molar-refractivity contribution is 5.83. The lowest BCUT2D eigenvalue weighted by molar-refractivity contribution is 0.619. The van der Waals surface area contributed by atoms with E-state index in [2.05, 4.69) is 17.4 Å². The minimum Gasteiger partial charge on any atom is -0.456 e. The Kier molecular flexibility index (Phi) is 2.52. The third-order valence-corrected chi connectivity index (χ3v) is 3.81. The van der Waals surface area contributed by atoms with Crippen molar-refractivity contribution >= 4 is 16.7 Å². The number of fused-ring (bicyclic) bond motifs is 2. The van der Waals surface area contributed by atoms with Gasteiger partial charge in [0.05, 0.1) is 0 Å². The molecule has 0 saturated carbocycles. The topological polar surface area (TPSA) is 25.2 Å². The van der Waals surface area contributed by atoms with Gasteiger partial charge in [-0.15, -0.1) is 0 Å². The first-order valence-corrected chi connectivity index (χ1v) is 6.86. The first-order valence-electron chi connectivity index (χ1n) is 6.86. The Hall–Kier alpha value is -2.29. The Labute approximate surface area is 116 Å². The molecule has 4 rings (SSSR count). The molecule has 1 aromatic heterocycles. The minimum absolute atomic E-state index is 0.237. The molecule has 2 aromatic carbocycles. The lowest BCUT2D eigenvalue weighted by Gasteiger charge is -2.18. The van der Waals surface area contributed by atoms with Gasteiger partial charge in [0.1, 0.15) is 17.2 Å². The smallest absolute Gasteiger partial charge is 0.135 e. The number of halogens is 1. The number of furan rings is 1. The summed E-state index contributed by atoms with van der Waals surface area (Å²) in [6.45, 7) is 1.04. The number of aryl methyl sites for hydroxylation is 1. The molecule has 3 aromatic rings. The van der Waals surface area contributed by atoms with Crippen LogP contribution in [0.25, 0.3) is 22.3 Å². The van der Waals surface area contributed by atoms with Crippen molar-refractivity contribution in [1.82, 2.24) is 0 Å². The van der Waals surface area contributed by atoms with E-state index in [0.29, 0.717) is 0 Å². The lowest BCUT2D eigenvalue weighted by Crippen LogP contribution is -2.11. The fourth-order valence-electron chi connectivity index (χ4n) is 2.78. The highest BCUT2D eigenvalue weighted by Gasteiger charge is 2.12. The molecule has 2 nitrogen and oxygen atoms in total. The summed E-state index contributed by atoms with van der Waals surface area (Å²) in [5, 5.41) is 4.20. The SMILES string of the molecule is Fc1ccc2oc(-c3ccc4c(c3)CCCN4)cc2c1. The first-order chi connectivity index (χ1) is 9.79. The number of benzene rings is 2. The number of hydrogen-bond acceptors (Lipinski definition) is 2. The molecule has 3 heteroatoms. The van der Waals surface area contributed by atoms with E-state index >= 15 is 0 Å². The standard InChI is InChI=1S/C17H14FNO/c18-14-4-6-16-13(9-14)10-17(20-16)12-3-5-15-11(8-12)2-1-7-19-15/h3-6,8-10,19H,1-2,7H2. The number of anilines is 1. The zero-order valence-corrected chi connectivity index (χ0v) is 10.9. The van der Waals surface area contributed by atoms with Crippen LogP contribution in [0.3, 0.4) is 0 Å². The molecule has 1 aliphatic heterocycles. The Bertz CT molecular complexity index is 791. The molecule has 0 unspecified atom stereocenters. The Morgan fingerprint density at radius 3 is 2.95 bits per heavy atom. The van der Waals surface area contributed by atoms with Gasteiger partial charge in [-0.05, 0) is 60.9 Å². The van der Waals surface area contributed by atoms with E-state index in [4.69, 9.17) is 4.42 Å². The van der Waals surface area contributed by atoms with Crippen LogP contribution in [0.2, 0.25) is 0 Å². The molecule has 0 fully saturated rings. The highest BCUT2D eigenvalue weighted by Crippen LogP contribution is 2.32. The van der Waals surface area contributed by atoms with E-state index < -0.39 is 0 Å². The van der Waals surface area contributed by atoms with E-state index in [-0.39, 0.29) is 5.82 Å². The maximum atomic E-state index is 13.2.